The summed E-state index contributed by atoms with van der Waals surface area (Å²) in [5.41, 5.74) is -0.239. The quantitative estimate of drug-likeness (QED) is 0.730. The topological polar surface area (TPSA) is 57.6 Å². The fourth-order valence-corrected chi connectivity index (χ4v) is 5.40. The maximum absolute atomic E-state index is 12.8. The van der Waals surface area contributed by atoms with Gasteiger partial charge in [-0.25, -0.2) is 8.42 Å². The van der Waals surface area contributed by atoms with E-state index in [1.807, 2.05) is 24.3 Å². The molecule has 0 bridgehead atoms. The Morgan fingerprint density at radius 2 is 1.52 bits per heavy atom. The van der Waals surface area contributed by atoms with E-state index in [-0.39, 0.29) is 28.0 Å². The minimum absolute atomic E-state index is 0.0686. The van der Waals surface area contributed by atoms with Crippen LogP contribution in [0.5, 0.6) is 0 Å². The van der Waals surface area contributed by atoms with Crippen molar-refractivity contribution >= 4 is 49.2 Å². The van der Waals surface area contributed by atoms with Crippen LogP contribution in [-0.4, -0.2) is 30.9 Å². The molecule has 134 valence electrons. The van der Waals surface area contributed by atoms with Gasteiger partial charge in [0.2, 0.25) is 10.0 Å². The third-order valence-electron chi connectivity index (χ3n) is 4.40. The van der Waals surface area contributed by atoms with E-state index in [0.29, 0.717) is 12.8 Å². The third-order valence-corrected chi connectivity index (χ3v) is 7.25. The molecule has 2 aromatic rings. The van der Waals surface area contributed by atoms with Gasteiger partial charge < -0.3 is 5.11 Å². The van der Waals surface area contributed by atoms with E-state index >= 15 is 0 Å². The maximum atomic E-state index is 12.8. The third kappa shape index (κ3) is 4.04. The number of piperidine rings is 1. The molecule has 0 aliphatic carbocycles. The first-order valence-electron chi connectivity index (χ1n) is 7.65. The molecule has 8 heteroatoms. The van der Waals surface area contributed by atoms with Crippen LogP contribution in [0, 0.1) is 0 Å². The smallest absolute Gasteiger partial charge is 0.243 e. The van der Waals surface area contributed by atoms with Crippen molar-refractivity contribution in [2.45, 2.75) is 23.3 Å². The van der Waals surface area contributed by atoms with E-state index in [0.717, 1.165) is 10.0 Å². The van der Waals surface area contributed by atoms with Gasteiger partial charge >= 0.3 is 0 Å². The molecule has 1 saturated heterocycles. The molecule has 0 unspecified atom stereocenters. The zero-order valence-corrected chi connectivity index (χ0v) is 17.0. The lowest BCUT2D eigenvalue weighted by atomic mass is 9.85. The Kier molecular flexibility index (Phi) is 5.49. The molecule has 25 heavy (non-hydrogen) atoms. The Balaban J connectivity index is 1.80. The Labute approximate surface area is 165 Å². The highest BCUT2D eigenvalue weighted by Gasteiger charge is 2.38. The zero-order valence-electron chi connectivity index (χ0n) is 13.1. The summed E-state index contributed by atoms with van der Waals surface area (Å²) in [7, 11) is -3.70. The van der Waals surface area contributed by atoms with Crippen LogP contribution in [0.25, 0.3) is 0 Å². The first-order valence-corrected chi connectivity index (χ1v) is 10.6. The summed E-state index contributed by atoms with van der Waals surface area (Å²) >= 11 is 15.2. The first-order chi connectivity index (χ1) is 11.7. The second-order valence-corrected chi connectivity index (χ2v) is 9.77. The summed E-state index contributed by atoms with van der Waals surface area (Å²) in [4.78, 5) is 0.0686. The molecule has 1 N–H and O–H groups in total. The number of nitrogens with zero attached hydrogens (tertiary/aromatic N) is 1. The number of aliphatic hydroxyl groups is 1. The van der Waals surface area contributed by atoms with E-state index < -0.39 is 15.6 Å². The second-order valence-electron chi connectivity index (χ2n) is 6.05. The molecule has 1 aliphatic rings. The molecule has 0 amide bonds. The summed E-state index contributed by atoms with van der Waals surface area (Å²) in [6, 6.07) is 11.7. The molecule has 0 saturated carbocycles. The van der Waals surface area contributed by atoms with Crippen molar-refractivity contribution in [3.8, 4) is 0 Å². The Morgan fingerprint density at radius 3 is 2.04 bits per heavy atom. The summed E-state index contributed by atoms with van der Waals surface area (Å²) < 4.78 is 27.9. The lowest BCUT2D eigenvalue weighted by Crippen LogP contribution is -2.45. The summed E-state index contributed by atoms with van der Waals surface area (Å²) in [6.45, 7) is 0.443. The lowest BCUT2D eigenvalue weighted by Gasteiger charge is -2.38. The van der Waals surface area contributed by atoms with Crippen LogP contribution < -0.4 is 0 Å². The van der Waals surface area contributed by atoms with Gasteiger partial charge in [0.25, 0.3) is 0 Å². The van der Waals surface area contributed by atoms with Crippen LogP contribution in [0.1, 0.15) is 18.4 Å². The minimum atomic E-state index is -3.70. The molecule has 3 rings (SSSR count). The summed E-state index contributed by atoms with van der Waals surface area (Å²) in [5.74, 6) is 0. The fourth-order valence-electron chi connectivity index (χ4n) is 2.97. The van der Waals surface area contributed by atoms with E-state index in [1.54, 1.807) is 0 Å². The van der Waals surface area contributed by atoms with Crippen LogP contribution in [0.15, 0.2) is 51.8 Å². The fraction of sp³-hybridized carbons (Fsp3) is 0.294. The summed E-state index contributed by atoms with van der Waals surface area (Å²) in [6.07, 6.45) is 0.643. The van der Waals surface area contributed by atoms with E-state index in [1.165, 1.54) is 22.5 Å². The van der Waals surface area contributed by atoms with Crippen molar-refractivity contribution in [2.24, 2.45) is 0 Å². The van der Waals surface area contributed by atoms with Crippen molar-refractivity contribution in [3.05, 3.63) is 62.5 Å². The molecule has 1 aliphatic heterocycles. The molecule has 1 fully saturated rings. The average molecular weight is 465 g/mol. The van der Waals surface area contributed by atoms with Crippen LogP contribution in [-0.2, 0) is 15.6 Å². The van der Waals surface area contributed by atoms with Gasteiger partial charge in [0.15, 0.2) is 0 Å². The standard InChI is InChI=1S/C17H16BrCl2NO3S/c18-13-3-1-12(2-4-13)17(22)5-7-21(8-6-17)25(23,24)16-10-14(19)9-15(20)11-16/h1-4,9-11,22H,5-8H2. The van der Waals surface area contributed by atoms with Gasteiger partial charge in [0.05, 0.1) is 10.5 Å². The van der Waals surface area contributed by atoms with Crippen molar-refractivity contribution in [1.29, 1.82) is 0 Å². The predicted octanol–water partition coefficient (Wildman–Crippen LogP) is 4.43. The van der Waals surface area contributed by atoms with E-state index in [9.17, 15) is 13.5 Å². The lowest BCUT2D eigenvalue weighted by molar-refractivity contribution is -0.00962. The van der Waals surface area contributed by atoms with Gasteiger partial charge in [-0.1, -0.05) is 51.3 Å². The molecule has 1 heterocycles. The molecule has 4 nitrogen and oxygen atoms in total. The van der Waals surface area contributed by atoms with Gasteiger partial charge in [-0.2, -0.15) is 4.31 Å². The van der Waals surface area contributed by atoms with E-state index in [4.69, 9.17) is 23.2 Å². The normalized spacial score (nSPS) is 18.2. The Morgan fingerprint density at radius 1 is 1.00 bits per heavy atom. The van der Waals surface area contributed by atoms with Crippen LogP contribution in [0.4, 0.5) is 0 Å². The van der Waals surface area contributed by atoms with Crippen molar-refractivity contribution in [1.82, 2.24) is 4.31 Å². The second kappa shape index (κ2) is 7.18. The monoisotopic (exact) mass is 463 g/mol. The van der Waals surface area contributed by atoms with Crippen LogP contribution in [0.2, 0.25) is 10.0 Å². The van der Waals surface area contributed by atoms with Crippen LogP contribution in [0.3, 0.4) is 0 Å². The number of hydrogen-bond donors (Lipinski definition) is 1. The minimum Gasteiger partial charge on any atom is -0.385 e. The number of rotatable bonds is 3. The molecular weight excluding hydrogens is 449 g/mol. The van der Waals surface area contributed by atoms with Gasteiger partial charge in [-0.3, -0.25) is 0 Å². The van der Waals surface area contributed by atoms with Crippen molar-refractivity contribution in [2.75, 3.05) is 13.1 Å². The average Bonchev–Trinajstić information content (AvgIpc) is 2.55. The summed E-state index contributed by atoms with van der Waals surface area (Å²) in [5, 5.41) is 11.4. The molecule has 2 aromatic carbocycles. The molecule has 0 radical (unpaired) electrons. The van der Waals surface area contributed by atoms with Gasteiger partial charge in [-0.15, -0.1) is 0 Å². The highest BCUT2D eigenvalue weighted by atomic mass is 79.9. The van der Waals surface area contributed by atoms with Gasteiger partial charge in [0.1, 0.15) is 0 Å². The molecular formula is C17H16BrCl2NO3S. The largest absolute Gasteiger partial charge is 0.385 e. The number of sulfonamides is 1. The SMILES string of the molecule is O=S(=O)(c1cc(Cl)cc(Cl)c1)N1CCC(O)(c2ccc(Br)cc2)CC1. The molecule has 0 aromatic heterocycles. The highest BCUT2D eigenvalue weighted by Crippen LogP contribution is 2.35. The first kappa shape index (κ1) is 19.1. The Hall–Kier alpha value is -0.630. The van der Waals surface area contributed by atoms with Gasteiger partial charge in [-0.05, 0) is 48.7 Å². The number of hydrogen-bond acceptors (Lipinski definition) is 3. The van der Waals surface area contributed by atoms with Crippen molar-refractivity contribution < 1.29 is 13.5 Å². The number of halogens is 3. The number of benzene rings is 2. The molecule has 0 atom stereocenters. The van der Waals surface area contributed by atoms with E-state index in [2.05, 4.69) is 15.9 Å². The predicted molar refractivity (Wildman–Crippen MR) is 102 cm³/mol. The highest BCUT2D eigenvalue weighted by molar-refractivity contribution is 9.10. The molecule has 0 spiro atoms. The van der Waals surface area contributed by atoms with Gasteiger partial charge in [0, 0.05) is 27.6 Å². The zero-order chi connectivity index (χ0) is 18.2. The Bertz CT molecular complexity index is 859. The maximum Gasteiger partial charge on any atom is 0.243 e. The van der Waals surface area contributed by atoms with Crippen molar-refractivity contribution in [3.63, 3.8) is 0 Å². The van der Waals surface area contributed by atoms with Crippen LogP contribution >= 0.6 is 39.1 Å².